The van der Waals surface area contributed by atoms with Gasteiger partial charge in [-0.15, -0.1) is 11.3 Å². The maximum absolute atomic E-state index is 14.4. The van der Waals surface area contributed by atoms with Crippen LogP contribution >= 0.6 is 22.9 Å². The Morgan fingerprint density at radius 1 is 0.872 bits per heavy atom. The van der Waals surface area contributed by atoms with E-state index in [-0.39, 0.29) is 49.9 Å². The molecule has 5 aliphatic heterocycles. The fourth-order valence-electron chi connectivity index (χ4n) is 10.3. The van der Waals surface area contributed by atoms with Crippen molar-refractivity contribution in [3.8, 4) is 61.8 Å². The third-order valence-corrected chi connectivity index (χ3v) is 16.6. The van der Waals surface area contributed by atoms with Crippen LogP contribution in [0, 0.1) is 31.3 Å². The topological polar surface area (TPSA) is 178 Å². The van der Waals surface area contributed by atoms with Gasteiger partial charge in [-0.3, -0.25) is 4.90 Å². The van der Waals surface area contributed by atoms with Crippen molar-refractivity contribution in [2.24, 2.45) is 0 Å². The summed E-state index contributed by atoms with van der Waals surface area (Å²) in [4.78, 5) is 37.9. The number of thiophene rings is 1. The summed E-state index contributed by atoms with van der Waals surface area (Å²) in [6, 6.07) is 20.6. The minimum absolute atomic E-state index is 0.0192. The van der Waals surface area contributed by atoms with E-state index in [9.17, 15) is 14.3 Å². The molecule has 6 atom stereocenters. The van der Waals surface area contributed by atoms with Crippen LogP contribution in [-0.4, -0.2) is 157 Å². The Hall–Kier alpha value is -6.26. The summed E-state index contributed by atoms with van der Waals surface area (Å²) in [7, 11) is 3.76. The molecule has 1 N–H and O–H groups in total. The normalized spacial score (nSPS) is 21.6. The lowest BCUT2D eigenvalue weighted by Crippen LogP contribution is -2.49. The molecule has 0 amide bonds. The lowest BCUT2D eigenvalue weighted by Gasteiger charge is -2.34. The first-order valence-corrected chi connectivity index (χ1v) is 27.3. The summed E-state index contributed by atoms with van der Waals surface area (Å²) in [6.45, 7) is 9.51. The molecule has 4 aromatic carbocycles. The van der Waals surface area contributed by atoms with Gasteiger partial charge in [-0.2, -0.15) is 0 Å². The molecule has 4 bridgehead atoms. The van der Waals surface area contributed by atoms with Gasteiger partial charge in [-0.1, -0.05) is 23.7 Å². The van der Waals surface area contributed by atoms with Crippen LogP contribution in [0.5, 0.6) is 28.9 Å². The molecule has 17 nitrogen and oxygen atoms in total. The van der Waals surface area contributed by atoms with Crippen molar-refractivity contribution in [3.63, 3.8) is 0 Å². The number of fused-ring (bicyclic) bond motifs is 8. The number of carbonyl (C=O) groups is 1. The molecule has 408 valence electrons. The van der Waals surface area contributed by atoms with Crippen LogP contribution in [0.15, 0.2) is 85.3 Å². The number of aromatic nitrogens is 4. The van der Waals surface area contributed by atoms with E-state index in [1.54, 1.807) is 49.7 Å². The lowest BCUT2D eigenvalue weighted by molar-refractivity contribution is -0.292. The number of carboxylic acid groups (broad SMARTS) is 1. The molecule has 5 aliphatic rings. The number of hydrogen-bond acceptors (Lipinski definition) is 17. The SMILES string of the molecule is CO[C@@H]1CO[C@H]2[C@@H]1OC[C@H]2OCCOc1ccc(-c2nccc(COc3ccc4cc3C[C@H](C(=O)O)Oc3ncnc5sc(-c6ccc(F)cc6)c(c35)-c3c(C)c(Cl)c(c([ClH+])c3C)OC(CN3CCN(C)CC3)CO4)n2)cc1. The summed E-state index contributed by atoms with van der Waals surface area (Å²) in [5.74, 6) is 0.702. The number of piperazine rings is 1. The molecule has 0 saturated carbocycles. The van der Waals surface area contributed by atoms with Crippen LogP contribution in [0.3, 0.4) is 0 Å². The van der Waals surface area contributed by atoms with Gasteiger partial charge in [0.2, 0.25) is 17.7 Å². The first-order valence-electron chi connectivity index (χ1n) is 25.7. The summed E-state index contributed by atoms with van der Waals surface area (Å²) in [6.07, 6.45) is 0.273. The summed E-state index contributed by atoms with van der Waals surface area (Å²) < 4.78 is 70.1. The zero-order valence-corrected chi connectivity index (χ0v) is 45.7. The van der Waals surface area contributed by atoms with Crippen LogP contribution in [0.25, 0.3) is 43.2 Å². The van der Waals surface area contributed by atoms with Crippen molar-refractivity contribution in [1.82, 2.24) is 29.7 Å². The quantitative estimate of drug-likeness (QED) is 0.103. The number of hydrogen-bond donors (Lipinski definition) is 1. The van der Waals surface area contributed by atoms with E-state index in [1.807, 2.05) is 38.1 Å². The number of benzene rings is 4. The van der Waals surface area contributed by atoms with Crippen molar-refractivity contribution in [2.75, 3.05) is 79.9 Å². The third kappa shape index (κ3) is 11.4. The Bertz CT molecular complexity index is 3270. The molecule has 1 unspecified atom stereocenters. The molecular formula is C57H58Cl2FN6O11S+. The minimum Gasteiger partial charge on any atom is -0.491 e. The highest BCUT2D eigenvalue weighted by atomic mass is 35.5. The molecule has 0 spiro atoms. The summed E-state index contributed by atoms with van der Waals surface area (Å²) in [5, 5.41) is 12.1. The predicted molar refractivity (Wildman–Crippen MR) is 287 cm³/mol. The van der Waals surface area contributed by atoms with E-state index in [1.165, 1.54) is 29.8 Å². The zero-order chi connectivity index (χ0) is 54.0. The molecule has 12 rings (SSSR count). The first kappa shape index (κ1) is 53.7. The number of rotatable bonds is 14. The maximum Gasteiger partial charge on any atom is 0.345 e. The fourth-order valence-corrected chi connectivity index (χ4v) is 12.0. The highest BCUT2D eigenvalue weighted by Crippen LogP contribution is 2.52. The van der Waals surface area contributed by atoms with E-state index < -0.39 is 24.0 Å². The van der Waals surface area contributed by atoms with E-state index in [4.69, 9.17) is 70.8 Å². The van der Waals surface area contributed by atoms with Crippen molar-refractivity contribution < 1.29 is 68.5 Å². The maximum atomic E-state index is 14.4. The van der Waals surface area contributed by atoms with E-state index >= 15 is 0 Å². The molecule has 21 heteroatoms. The summed E-state index contributed by atoms with van der Waals surface area (Å²) in [5.41, 5.74) is 5.17. The van der Waals surface area contributed by atoms with Gasteiger partial charge in [0.15, 0.2) is 17.4 Å². The highest BCUT2D eigenvalue weighted by molar-refractivity contribution is 7.22. The molecular weight excluding hydrogens is 1070 g/mol. The Morgan fingerprint density at radius 3 is 2.40 bits per heavy atom. The number of halogens is 3. The zero-order valence-electron chi connectivity index (χ0n) is 43.3. The number of likely N-dealkylation sites (N-methyl/N-ethyl adjacent to an activating group) is 1. The molecule has 78 heavy (non-hydrogen) atoms. The van der Waals surface area contributed by atoms with Gasteiger partial charge in [0.25, 0.3) is 5.02 Å². The number of carboxylic acids is 1. The van der Waals surface area contributed by atoms with Crippen LogP contribution < -0.4 is 23.7 Å². The Balaban J connectivity index is 0.878. The van der Waals surface area contributed by atoms with Gasteiger partial charge in [0.05, 0.1) is 35.9 Å². The van der Waals surface area contributed by atoms with Gasteiger partial charge in [-0.25, -0.2) is 29.1 Å². The fraction of sp³-hybridized carbons (Fsp3) is 0.386. The second-order valence-corrected chi connectivity index (χ2v) is 21.4. The number of ether oxygens (including phenoxy) is 9. The molecule has 0 radical (unpaired) electrons. The van der Waals surface area contributed by atoms with Crippen molar-refractivity contribution in [2.45, 2.75) is 63.5 Å². The number of nitrogens with zero attached hydrogens (tertiary/aromatic N) is 6. The lowest BCUT2D eigenvalue weighted by atomic mass is 9.92. The van der Waals surface area contributed by atoms with Gasteiger partial charge >= 0.3 is 5.97 Å². The molecule has 3 saturated heterocycles. The van der Waals surface area contributed by atoms with Crippen LogP contribution in [0.4, 0.5) is 4.39 Å². The Labute approximate surface area is 464 Å². The predicted octanol–water partition coefficient (Wildman–Crippen LogP) is 8.21. The Kier molecular flexibility index (Phi) is 16.3. The smallest absolute Gasteiger partial charge is 0.345 e. The van der Waals surface area contributed by atoms with Gasteiger partial charge in [0, 0.05) is 79.6 Å². The largest absolute Gasteiger partial charge is 0.491 e. The first-order chi connectivity index (χ1) is 37.9. The van der Waals surface area contributed by atoms with Gasteiger partial charge in [-0.05, 0) is 98.2 Å². The van der Waals surface area contributed by atoms with Gasteiger partial charge < -0.3 is 52.6 Å². The second kappa shape index (κ2) is 23.6. The number of aliphatic carboxylic acids is 1. The number of methoxy groups -OCH3 is 1. The molecule has 7 aromatic rings. The van der Waals surface area contributed by atoms with Gasteiger partial charge in [0.1, 0.15) is 84.6 Å². The van der Waals surface area contributed by atoms with Crippen LogP contribution in [0.2, 0.25) is 10.0 Å². The average molecular weight is 1130 g/mol. The molecule has 0 aliphatic carbocycles. The minimum atomic E-state index is -1.49. The molecule has 3 fully saturated rings. The Morgan fingerprint density at radius 2 is 1.63 bits per heavy atom. The third-order valence-electron chi connectivity index (χ3n) is 14.5. The monoisotopic (exact) mass is 1120 g/mol. The van der Waals surface area contributed by atoms with Crippen LogP contribution in [0.1, 0.15) is 22.4 Å². The van der Waals surface area contributed by atoms with E-state index in [0.29, 0.717) is 126 Å². The average Bonchev–Trinajstić information content (AvgIpc) is 4.24. The van der Waals surface area contributed by atoms with Crippen molar-refractivity contribution >= 4 is 39.1 Å². The van der Waals surface area contributed by atoms with Crippen molar-refractivity contribution in [1.29, 1.82) is 0 Å². The second-order valence-electron chi connectivity index (χ2n) is 19.7. The summed E-state index contributed by atoms with van der Waals surface area (Å²) >= 11 is 14.9. The molecule has 3 aromatic heterocycles. The standard InChI is InChI=1S/C57H57Cl2FN6O11S/c1-31-45-32(2)49(59)52(48(31)58)76-40(25-66-19-17-65(3)18-20-66)27-72-39-13-14-41(35(23-39)24-42(57(67)68)77-55-47-46(45)53(78-56(47)63-30-62-55)33-5-9-36(60)10-6-33)73-26-37-15-16-61-54(64-37)34-7-11-38(12-8-34)70-21-22-71-44-29-75-50-43(69-4)28-74-51(44)50/h5-16,23,30,40,42-44,50-51,58H,17-22,24-29H2,1-4H3/p+1/t40?,42-,43-,44-,50-,51-/m1/s1. The van der Waals surface area contributed by atoms with E-state index in [0.717, 1.165) is 31.7 Å². The van der Waals surface area contributed by atoms with Crippen molar-refractivity contribution in [3.05, 3.63) is 124 Å². The van der Waals surface area contributed by atoms with E-state index in [2.05, 4.69) is 31.8 Å². The highest BCUT2D eigenvalue weighted by Gasteiger charge is 2.48. The molecule has 8 heterocycles. The van der Waals surface area contributed by atoms with Crippen LogP contribution in [-0.2, 0) is 36.8 Å².